The molecule has 4 heterocycles. The molecule has 2 atom stereocenters. The van der Waals surface area contributed by atoms with Crippen molar-refractivity contribution >= 4 is 44.6 Å². The van der Waals surface area contributed by atoms with Crippen LogP contribution in [0.15, 0.2) is 170 Å². The first-order chi connectivity index (χ1) is 29.4. The number of quaternary nitrogens is 2. The Morgan fingerprint density at radius 2 is 1.18 bits per heavy atom. The van der Waals surface area contributed by atoms with Gasteiger partial charge in [-0.2, -0.15) is 16.7 Å². The number of benzene rings is 7. The van der Waals surface area contributed by atoms with Gasteiger partial charge in [0.1, 0.15) is 5.82 Å². The number of hydrogen-bond donors (Lipinski definition) is 0. The zero-order valence-electron chi connectivity index (χ0n) is 35.8. The molecule has 1 fully saturated rings. The Balaban J connectivity index is 0.00000458. The molecule has 2 aromatic heterocycles. The van der Waals surface area contributed by atoms with Crippen LogP contribution in [0.25, 0.3) is 49.9 Å². The number of nitrogens with zero attached hydrogens (tertiary/aromatic N) is 4. The maximum absolute atomic E-state index is 6.71. The van der Waals surface area contributed by atoms with E-state index < -0.39 is 0 Å². The Bertz CT molecular complexity index is 3180. The zero-order chi connectivity index (χ0) is 41.7. The number of pyridine rings is 1. The molecule has 0 radical (unpaired) electrons. The molecule has 9 aromatic rings. The van der Waals surface area contributed by atoms with Crippen molar-refractivity contribution in [2.45, 2.75) is 52.4 Å². The minimum Gasteiger partial charge on any atom is -0.509 e. The van der Waals surface area contributed by atoms with Gasteiger partial charge < -0.3 is 9.30 Å². The summed E-state index contributed by atoms with van der Waals surface area (Å²) in [7, 11) is 0. The standard InChI is InChI=1S/C56H47N4O.Pt/c1-55(2,3)42-25-23-39(24-26-42)41-31-40(38-15-8-7-9-16-38)32-45(33-41)60-37-59(60,52-21-12-13-22-53(52)60)44-17-14-18-46(35-44)61-47-27-28-49-48-19-10-11-20-50(48)58(51(49)36-47)54-34-43(29-30-57-54)56(4,5)6;/h7-34,37H,1-6H3;/q-1;/t59?,60-;/m0./s1. The van der Waals surface area contributed by atoms with Crippen LogP contribution in [0.2, 0.25) is 0 Å². The van der Waals surface area contributed by atoms with E-state index in [0.717, 1.165) is 33.3 Å². The number of para-hydroxylation sites is 3. The normalized spacial score (nSPS) is 17.8. The Morgan fingerprint density at radius 1 is 0.532 bits per heavy atom. The van der Waals surface area contributed by atoms with Crippen LogP contribution in [0.3, 0.4) is 0 Å². The van der Waals surface area contributed by atoms with Crippen LogP contribution in [0.5, 0.6) is 11.5 Å². The summed E-state index contributed by atoms with van der Waals surface area (Å²) in [6.07, 6.45) is 1.91. The molecule has 5 nitrogen and oxygen atoms in total. The fourth-order valence-corrected chi connectivity index (χ4v) is 9.36. The van der Waals surface area contributed by atoms with E-state index in [2.05, 4.69) is 217 Å². The van der Waals surface area contributed by atoms with E-state index in [1.807, 2.05) is 18.3 Å². The summed E-state index contributed by atoms with van der Waals surface area (Å²) in [4.78, 5) is 4.86. The van der Waals surface area contributed by atoms with Crippen LogP contribution < -0.4 is 13.9 Å². The van der Waals surface area contributed by atoms with Crippen molar-refractivity contribution in [3.63, 3.8) is 0 Å². The summed E-state index contributed by atoms with van der Waals surface area (Å²) < 4.78 is 9.99. The molecule has 0 spiro atoms. The molecule has 308 valence electrons. The maximum atomic E-state index is 6.71. The first-order valence-corrected chi connectivity index (χ1v) is 21.1. The van der Waals surface area contributed by atoms with Gasteiger partial charge in [0.2, 0.25) is 11.4 Å². The average molecular weight is 987 g/mol. The molecule has 6 heteroatoms. The number of hydrogen-bond acceptors (Lipinski definition) is 2. The molecule has 62 heavy (non-hydrogen) atoms. The second kappa shape index (κ2) is 14.5. The SMILES string of the molecule is CC(C)(C)c1ccc(-c2cc(-c3ccccc3)cc([N@+]34[CH-][N+]3(c3[c-]c(Oc5[c-]c6c(cc5)c5ccccc5n6-c5cc(C(C)(C)C)ccn5)ccc3)c3ccccc34)c2)cc1.[Pt]. The van der Waals surface area contributed by atoms with E-state index in [0.29, 0.717) is 20.7 Å². The van der Waals surface area contributed by atoms with Gasteiger partial charge in [-0.3, -0.25) is 0 Å². The number of ether oxygens (including phenoxy) is 1. The maximum Gasteiger partial charge on any atom is 0.225 e. The third-order valence-corrected chi connectivity index (χ3v) is 12.6. The van der Waals surface area contributed by atoms with E-state index in [1.165, 1.54) is 50.4 Å². The second-order valence-electron chi connectivity index (χ2n) is 18.5. The van der Waals surface area contributed by atoms with Crippen molar-refractivity contribution in [1.29, 1.82) is 0 Å². The summed E-state index contributed by atoms with van der Waals surface area (Å²) in [5, 5.41) is 2.25. The predicted molar refractivity (Wildman–Crippen MR) is 251 cm³/mol. The third-order valence-electron chi connectivity index (χ3n) is 12.6. The van der Waals surface area contributed by atoms with Crippen molar-refractivity contribution in [2.75, 3.05) is 0 Å². The van der Waals surface area contributed by atoms with Crippen LogP contribution >= 0.6 is 0 Å². The molecule has 2 aliphatic rings. The average Bonchev–Trinajstić information content (AvgIpc) is 3.77. The molecule has 0 N–H and O–H groups in total. The van der Waals surface area contributed by atoms with Gasteiger partial charge >= 0.3 is 0 Å². The largest absolute Gasteiger partial charge is 0.509 e. The van der Waals surface area contributed by atoms with Crippen molar-refractivity contribution in [3.05, 3.63) is 200 Å². The summed E-state index contributed by atoms with van der Waals surface area (Å²) in [6.45, 7) is 15.9. The first-order valence-electron chi connectivity index (χ1n) is 21.1. The molecule has 7 aromatic carbocycles. The summed E-state index contributed by atoms with van der Waals surface area (Å²) >= 11 is 0. The van der Waals surface area contributed by atoms with Crippen molar-refractivity contribution < 1.29 is 25.8 Å². The van der Waals surface area contributed by atoms with E-state index >= 15 is 0 Å². The summed E-state index contributed by atoms with van der Waals surface area (Å²) in [5.41, 5.74) is 14.1. The van der Waals surface area contributed by atoms with Gasteiger partial charge in [-0.05, 0) is 73.9 Å². The number of rotatable bonds is 7. The number of aromatic nitrogens is 2. The minimum absolute atomic E-state index is 0. The topological polar surface area (TPSA) is 27.1 Å². The van der Waals surface area contributed by atoms with Crippen molar-refractivity contribution in [1.82, 2.24) is 18.7 Å². The van der Waals surface area contributed by atoms with E-state index in [9.17, 15) is 0 Å². The summed E-state index contributed by atoms with van der Waals surface area (Å²) in [5.74, 6) is 2.12. The van der Waals surface area contributed by atoms with Crippen LogP contribution in [-0.4, -0.2) is 9.55 Å². The van der Waals surface area contributed by atoms with Crippen LogP contribution in [0, 0.1) is 18.8 Å². The van der Waals surface area contributed by atoms with Crippen molar-refractivity contribution in [3.8, 4) is 39.6 Å². The molecular weight excluding hydrogens is 940 g/mol. The Hall–Kier alpha value is -6.10. The van der Waals surface area contributed by atoms with Gasteiger partial charge in [0.05, 0.1) is 5.69 Å². The molecular formula is C56H47N4OPt-. The molecule has 0 saturated carbocycles. The Morgan fingerprint density at radius 3 is 1.90 bits per heavy atom. The third kappa shape index (κ3) is 6.21. The van der Waals surface area contributed by atoms with Gasteiger partial charge in [0.25, 0.3) is 0 Å². The predicted octanol–water partition coefficient (Wildman–Crippen LogP) is 14.8. The zero-order valence-corrected chi connectivity index (χ0v) is 38.0. The quantitative estimate of drug-likeness (QED) is 0.0904. The smallest absolute Gasteiger partial charge is 0.225 e. The molecule has 11 rings (SSSR count). The monoisotopic (exact) mass is 986 g/mol. The van der Waals surface area contributed by atoms with Gasteiger partial charge in [-0.25, -0.2) is 9.58 Å². The van der Waals surface area contributed by atoms with Gasteiger partial charge in [0, 0.05) is 68.5 Å². The van der Waals surface area contributed by atoms with E-state index in [1.54, 1.807) is 0 Å². The Labute approximate surface area is 378 Å². The molecule has 0 aliphatic carbocycles. The van der Waals surface area contributed by atoms with Gasteiger partial charge in [-0.1, -0.05) is 138 Å². The van der Waals surface area contributed by atoms with E-state index in [-0.39, 0.29) is 31.9 Å². The molecule has 0 bridgehead atoms. The Kier molecular flexibility index (Phi) is 9.35. The second-order valence-corrected chi connectivity index (χ2v) is 18.5. The van der Waals surface area contributed by atoms with Crippen LogP contribution in [0.1, 0.15) is 52.7 Å². The fourth-order valence-electron chi connectivity index (χ4n) is 9.36. The van der Waals surface area contributed by atoms with Gasteiger partial charge in [-0.15, -0.1) is 29.7 Å². The van der Waals surface area contributed by atoms with Crippen LogP contribution in [0.4, 0.5) is 22.7 Å². The minimum atomic E-state index is -0.0190. The summed E-state index contributed by atoms with van der Waals surface area (Å²) in [6, 6.07) is 66.2. The molecule has 1 saturated heterocycles. The molecule has 0 amide bonds. The molecule has 1 unspecified atom stereocenters. The van der Waals surface area contributed by atoms with Crippen molar-refractivity contribution in [2.24, 2.45) is 0 Å². The molecule has 2 aliphatic heterocycles. The van der Waals surface area contributed by atoms with Crippen LogP contribution in [-0.2, 0) is 31.9 Å². The van der Waals surface area contributed by atoms with Gasteiger partial charge in [0.15, 0.2) is 12.4 Å². The first kappa shape index (κ1) is 40.0. The fraction of sp³-hybridized carbons (Fsp3) is 0.143. The van der Waals surface area contributed by atoms with E-state index in [4.69, 9.17) is 9.72 Å². The number of fused-ring (bicyclic) bond motifs is 7.